The molecule has 0 fully saturated rings. The smallest absolute Gasteiger partial charge is 0.335 e. The lowest BCUT2D eigenvalue weighted by molar-refractivity contribution is -0.161. The Labute approximate surface area is 241 Å². The zero-order chi connectivity index (χ0) is 29.9. The number of halogens is 3. The highest BCUT2D eigenvalue weighted by Crippen LogP contribution is 2.50. The Bertz CT molecular complexity index is 1260. The molecule has 1 aliphatic carbocycles. The molecule has 2 aromatic carbocycles. The molecule has 0 saturated carbocycles. The van der Waals surface area contributed by atoms with Crippen molar-refractivity contribution in [3.05, 3.63) is 70.3 Å². The number of carboxylic acids is 1. The highest BCUT2D eigenvalue weighted by atomic mass is 19.1. The number of unbranched alkanes of at least 4 members (excludes halogenated alkanes) is 3. The standard InChI is InChI=1S/C33H42F3NO4/c1-21-16-25-24-13-9-8-12-22(24)17-26(25)30(37(21)20-32(2,3)36)29-27(34)18-23(19-28(29)35)40-14-10-6-7-11-15-41-33(4,5)31(38)39/h8-9,12-13,18-19,21,30H,6-7,10-11,14-17,20H2,1-5H3,(H,38,39)/t21-,30+/m1/s1. The summed E-state index contributed by atoms with van der Waals surface area (Å²) in [6.45, 7) is 8.73. The Kier molecular flexibility index (Phi) is 9.54. The third kappa shape index (κ3) is 7.33. The molecule has 224 valence electrons. The number of hydrogen-bond donors (Lipinski definition) is 1. The number of ether oxygens (including phenoxy) is 2. The van der Waals surface area contributed by atoms with Crippen molar-refractivity contribution in [3.8, 4) is 5.75 Å². The average Bonchev–Trinajstić information content (AvgIpc) is 3.24. The third-order valence-corrected chi connectivity index (χ3v) is 8.01. The lowest BCUT2D eigenvalue weighted by Crippen LogP contribution is -2.47. The Morgan fingerprint density at radius 1 is 1.02 bits per heavy atom. The van der Waals surface area contributed by atoms with Crippen molar-refractivity contribution in [2.24, 2.45) is 0 Å². The van der Waals surface area contributed by atoms with Gasteiger partial charge in [-0.25, -0.2) is 18.0 Å². The van der Waals surface area contributed by atoms with Gasteiger partial charge in [0.1, 0.15) is 23.1 Å². The van der Waals surface area contributed by atoms with Crippen LogP contribution < -0.4 is 4.74 Å². The van der Waals surface area contributed by atoms with Crippen LogP contribution in [-0.2, 0) is 16.0 Å². The van der Waals surface area contributed by atoms with Crippen LogP contribution in [0.2, 0.25) is 0 Å². The first-order chi connectivity index (χ1) is 19.3. The van der Waals surface area contributed by atoms with E-state index < -0.39 is 34.9 Å². The minimum atomic E-state index is -1.54. The van der Waals surface area contributed by atoms with E-state index in [1.165, 1.54) is 39.8 Å². The molecule has 2 aliphatic rings. The minimum absolute atomic E-state index is 0.0575. The van der Waals surface area contributed by atoms with Gasteiger partial charge in [0.15, 0.2) is 5.60 Å². The second kappa shape index (κ2) is 12.6. The molecule has 0 radical (unpaired) electrons. The molecule has 0 spiro atoms. The van der Waals surface area contributed by atoms with Gasteiger partial charge in [-0.2, -0.15) is 0 Å². The molecule has 2 aromatic rings. The maximum absolute atomic E-state index is 15.8. The fraction of sp³-hybridized carbons (Fsp3) is 0.545. The summed E-state index contributed by atoms with van der Waals surface area (Å²) < 4.78 is 57.6. The van der Waals surface area contributed by atoms with Gasteiger partial charge < -0.3 is 14.6 Å². The number of carboxylic acid groups (broad SMARTS) is 1. The van der Waals surface area contributed by atoms with Crippen molar-refractivity contribution in [1.29, 1.82) is 0 Å². The summed E-state index contributed by atoms with van der Waals surface area (Å²) in [5, 5.41) is 9.08. The maximum Gasteiger partial charge on any atom is 0.335 e. The predicted octanol–water partition coefficient (Wildman–Crippen LogP) is 7.68. The van der Waals surface area contributed by atoms with Gasteiger partial charge in [0.2, 0.25) is 0 Å². The molecule has 0 saturated heterocycles. The number of nitrogens with zero attached hydrogens (tertiary/aromatic N) is 1. The Balaban J connectivity index is 1.44. The average molecular weight is 574 g/mol. The van der Waals surface area contributed by atoms with E-state index >= 15 is 8.78 Å². The lowest BCUT2D eigenvalue weighted by Gasteiger charge is -2.44. The summed E-state index contributed by atoms with van der Waals surface area (Å²) in [7, 11) is 0. The molecular formula is C33H42F3NO4. The molecule has 4 rings (SSSR count). The van der Waals surface area contributed by atoms with Crippen molar-refractivity contribution in [2.75, 3.05) is 19.8 Å². The Hall–Kier alpha value is -2.84. The summed E-state index contributed by atoms with van der Waals surface area (Å²) in [5.74, 6) is -2.26. The van der Waals surface area contributed by atoms with E-state index in [4.69, 9.17) is 14.6 Å². The van der Waals surface area contributed by atoms with Gasteiger partial charge in [-0.1, -0.05) is 30.7 Å². The number of fused-ring (bicyclic) bond motifs is 2. The summed E-state index contributed by atoms with van der Waals surface area (Å²) in [5.41, 5.74) is 1.50. The van der Waals surface area contributed by atoms with Crippen LogP contribution in [-0.4, -0.2) is 53.0 Å². The molecule has 1 aliphatic heterocycles. The van der Waals surface area contributed by atoms with E-state index in [0.717, 1.165) is 35.1 Å². The molecule has 8 heteroatoms. The molecule has 0 amide bonds. The first-order valence-electron chi connectivity index (χ1n) is 14.5. The number of carbonyl (C=O) groups is 1. The fourth-order valence-corrected chi connectivity index (χ4v) is 5.89. The maximum atomic E-state index is 15.8. The molecule has 1 N–H and O–H groups in total. The molecule has 0 unspecified atom stereocenters. The van der Waals surface area contributed by atoms with Gasteiger partial charge in [0.25, 0.3) is 0 Å². The van der Waals surface area contributed by atoms with Gasteiger partial charge in [0, 0.05) is 36.9 Å². The van der Waals surface area contributed by atoms with E-state index in [9.17, 15) is 9.18 Å². The lowest BCUT2D eigenvalue weighted by atomic mass is 9.84. The van der Waals surface area contributed by atoms with Crippen LogP contribution in [0.15, 0.2) is 42.0 Å². The topological polar surface area (TPSA) is 59.0 Å². The zero-order valence-electron chi connectivity index (χ0n) is 24.7. The normalized spacial score (nSPS) is 19.3. The minimum Gasteiger partial charge on any atom is -0.493 e. The van der Waals surface area contributed by atoms with Gasteiger partial charge in [-0.05, 0) is 89.0 Å². The summed E-state index contributed by atoms with van der Waals surface area (Å²) >= 11 is 0. The molecular weight excluding hydrogens is 531 g/mol. The van der Waals surface area contributed by atoms with Gasteiger partial charge in [-0.15, -0.1) is 0 Å². The molecule has 5 nitrogen and oxygen atoms in total. The van der Waals surface area contributed by atoms with Crippen molar-refractivity contribution >= 4 is 11.5 Å². The van der Waals surface area contributed by atoms with Crippen LogP contribution in [0.5, 0.6) is 5.75 Å². The van der Waals surface area contributed by atoms with Gasteiger partial charge in [0.05, 0.1) is 12.6 Å². The quantitative estimate of drug-likeness (QED) is 0.249. The molecule has 1 heterocycles. The van der Waals surface area contributed by atoms with Gasteiger partial charge in [-0.3, -0.25) is 4.90 Å². The van der Waals surface area contributed by atoms with Crippen molar-refractivity contribution < 1.29 is 32.5 Å². The Morgan fingerprint density at radius 3 is 2.29 bits per heavy atom. The van der Waals surface area contributed by atoms with E-state index in [2.05, 4.69) is 6.07 Å². The van der Waals surface area contributed by atoms with Crippen LogP contribution in [0.25, 0.3) is 5.57 Å². The highest BCUT2D eigenvalue weighted by molar-refractivity contribution is 5.79. The predicted molar refractivity (Wildman–Crippen MR) is 154 cm³/mol. The van der Waals surface area contributed by atoms with E-state index in [1.807, 2.05) is 30.0 Å². The highest BCUT2D eigenvalue weighted by Gasteiger charge is 2.43. The largest absolute Gasteiger partial charge is 0.493 e. The molecule has 2 atom stereocenters. The first-order valence-corrected chi connectivity index (χ1v) is 14.5. The van der Waals surface area contributed by atoms with Crippen LogP contribution in [0.4, 0.5) is 13.2 Å². The van der Waals surface area contributed by atoms with Crippen LogP contribution in [0.1, 0.15) is 89.5 Å². The van der Waals surface area contributed by atoms with Gasteiger partial charge >= 0.3 is 5.97 Å². The Morgan fingerprint density at radius 2 is 1.66 bits per heavy atom. The molecule has 0 aromatic heterocycles. The number of rotatable bonds is 13. The van der Waals surface area contributed by atoms with Crippen molar-refractivity contribution in [1.82, 2.24) is 4.90 Å². The number of aliphatic carboxylic acids is 1. The van der Waals surface area contributed by atoms with Crippen molar-refractivity contribution in [3.63, 3.8) is 0 Å². The number of alkyl halides is 1. The second-order valence-corrected chi connectivity index (χ2v) is 12.4. The zero-order valence-corrected chi connectivity index (χ0v) is 24.7. The van der Waals surface area contributed by atoms with Crippen LogP contribution in [0.3, 0.4) is 0 Å². The second-order valence-electron chi connectivity index (χ2n) is 12.4. The third-order valence-electron chi connectivity index (χ3n) is 8.01. The molecule has 41 heavy (non-hydrogen) atoms. The summed E-state index contributed by atoms with van der Waals surface area (Å²) in [4.78, 5) is 13.0. The first kappa shape index (κ1) is 31.1. The fourth-order valence-electron chi connectivity index (χ4n) is 5.89. The summed E-state index contributed by atoms with van der Waals surface area (Å²) in [6, 6.07) is 9.72. The number of benzene rings is 2. The van der Waals surface area contributed by atoms with Crippen LogP contribution >= 0.6 is 0 Å². The van der Waals surface area contributed by atoms with Crippen molar-refractivity contribution in [2.45, 2.75) is 96.5 Å². The van der Waals surface area contributed by atoms with E-state index in [-0.39, 0.29) is 23.9 Å². The monoisotopic (exact) mass is 573 g/mol. The number of hydrogen-bond acceptors (Lipinski definition) is 4. The molecule has 0 bridgehead atoms. The summed E-state index contributed by atoms with van der Waals surface area (Å²) in [6.07, 6.45) is 4.31. The SMILES string of the molecule is C[C@@H]1CC2=C(Cc3ccccc32)[C@@H](c2c(F)cc(OCCCCCCOC(C)(C)C(=O)O)cc2F)N1CC(C)(C)F. The van der Waals surface area contributed by atoms with E-state index in [1.54, 1.807) is 0 Å². The van der Waals surface area contributed by atoms with E-state index in [0.29, 0.717) is 38.9 Å². The van der Waals surface area contributed by atoms with Crippen LogP contribution in [0, 0.1) is 11.6 Å².